The summed E-state index contributed by atoms with van der Waals surface area (Å²) < 4.78 is 1.89. The maximum atomic E-state index is 8.38. The van der Waals surface area contributed by atoms with E-state index >= 15 is 0 Å². The summed E-state index contributed by atoms with van der Waals surface area (Å²) in [6.07, 6.45) is 1.46. The molecule has 1 heterocycles. The summed E-state index contributed by atoms with van der Waals surface area (Å²) in [5.74, 6) is 0.278. The second-order valence-corrected chi connectivity index (χ2v) is 4.14. The van der Waals surface area contributed by atoms with Gasteiger partial charge in [-0.05, 0) is 26.8 Å². The van der Waals surface area contributed by atoms with E-state index < -0.39 is 0 Å². The molecule has 0 bridgehead atoms. The number of rotatable bonds is 6. The number of oxime groups is 1. The molecule has 0 spiro atoms. The minimum absolute atomic E-state index is 0.278. The molecule has 6 nitrogen and oxygen atoms in total. The van der Waals surface area contributed by atoms with Crippen molar-refractivity contribution in [3.05, 3.63) is 17.0 Å². The molecular weight excluding hydrogens is 218 g/mol. The normalized spacial score (nSPS) is 12.1. The average Bonchev–Trinajstić information content (AvgIpc) is 2.54. The second kappa shape index (κ2) is 6.24. The highest BCUT2D eigenvalue weighted by Crippen LogP contribution is 2.10. The van der Waals surface area contributed by atoms with Crippen LogP contribution in [-0.2, 0) is 13.6 Å². The van der Waals surface area contributed by atoms with Gasteiger partial charge in [0.15, 0.2) is 0 Å². The van der Waals surface area contributed by atoms with E-state index in [1.54, 1.807) is 0 Å². The van der Waals surface area contributed by atoms with E-state index in [-0.39, 0.29) is 5.84 Å². The predicted octanol–water partition coefficient (Wildman–Crippen LogP) is 0.653. The Hall–Kier alpha value is -1.56. The van der Waals surface area contributed by atoms with Crippen molar-refractivity contribution in [2.45, 2.75) is 33.2 Å². The summed E-state index contributed by atoms with van der Waals surface area (Å²) in [5, 5.41) is 19.0. The highest BCUT2D eigenvalue weighted by molar-refractivity contribution is 5.79. The molecule has 0 amide bonds. The molecule has 96 valence electrons. The highest BCUT2D eigenvalue weighted by atomic mass is 16.4. The fourth-order valence-electron chi connectivity index (χ4n) is 1.73. The van der Waals surface area contributed by atoms with Crippen molar-refractivity contribution in [3.63, 3.8) is 0 Å². The molecule has 0 fully saturated rings. The SMILES string of the molecule is Cc1nn(C)c(C)c1CNCCCC(N)=NO. The fourth-order valence-corrected chi connectivity index (χ4v) is 1.73. The third-order valence-electron chi connectivity index (χ3n) is 2.88. The van der Waals surface area contributed by atoms with Gasteiger partial charge in [-0.3, -0.25) is 4.68 Å². The van der Waals surface area contributed by atoms with Crippen LogP contribution in [0.2, 0.25) is 0 Å². The van der Waals surface area contributed by atoms with Gasteiger partial charge in [0.05, 0.1) is 5.69 Å². The van der Waals surface area contributed by atoms with Crippen LogP contribution < -0.4 is 11.1 Å². The van der Waals surface area contributed by atoms with Crippen LogP contribution in [0.25, 0.3) is 0 Å². The lowest BCUT2D eigenvalue weighted by atomic mass is 10.2. The van der Waals surface area contributed by atoms with Gasteiger partial charge in [0.25, 0.3) is 0 Å². The zero-order valence-corrected chi connectivity index (χ0v) is 10.7. The molecule has 0 saturated carbocycles. The lowest BCUT2D eigenvalue weighted by molar-refractivity contribution is 0.316. The summed E-state index contributed by atoms with van der Waals surface area (Å²) in [7, 11) is 1.95. The van der Waals surface area contributed by atoms with E-state index in [1.807, 2.05) is 18.7 Å². The Morgan fingerprint density at radius 3 is 2.76 bits per heavy atom. The maximum absolute atomic E-state index is 8.38. The molecule has 1 aromatic rings. The molecule has 0 atom stereocenters. The summed E-state index contributed by atoms with van der Waals surface area (Å²) in [5.41, 5.74) is 8.87. The standard InChI is InChI=1S/C11H21N5O/c1-8-10(9(2)16(3)14-8)7-13-6-4-5-11(12)15-17/h13,17H,4-7H2,1-3H3,(H2,12,15). The number of amidine groups is 1. The van der Waals surface area contributed by atoms with Crippen LogP contribution in [0, 0.1) is 13.8 Å². The number of hydrogen-bond donors (Lipinski definition) is 3. The molecule has 0 aliphatic heterocycles. The molecule has 1 rings (SSSR count). The Morgan fingerprint density at radius 2 is 2.24 bits per heavy atom. The van der Waals surface area contributed by atoms with Gasteiger partial charge in [0.2, 0.25) is 0 Å². The second-order valence-electron chi connectivity index (χ2n) is 4.14. The Kier molecular flexibility index (Phi) is 4.96. The summed E-state index contributed by atoms with van der Waals surface area (Å²) >= 11 is 0. The van der Waals surface area contributed by atoms with Gasteiger partial charge in [-0.15, -0.1) is 0 Å². The van der Waals surface area contributed by atoms with Crippen molar-refractivity contribution in [1.29, 1.82) is 0 Å². The minimum atomic E-state index is 0.278. The lowest BCUT2D eigenvalue weighted by Gasteiger charge is -2.05. The Morgan fingerprint density at radius 1 is 1.53 bits per heavy atom. The summed E-state index contributed by atoms with van der Waals surface area (Å²) in [4.78, 5) is 0. The van der Waals surface area contributed by atoms with E-state index in [1.165, 1.54) is 11.3 Å². The van der Waals surface area contributed by atoms with E-state index in [0.29, 0.717) is 6.42 Å². The van der Waals surface area contributed by atoms with Crippen LogP contribution in [0.4, 0.5) is 0 Å². The lowest BCUT2D eigenvalue weighted by Crippen LogP contribution is -2.19. The number of aryl methyl sites for hydroxylation is 2. The molecule has 4 N–H and O–H groups in total. The monoisotopic (exact) mass is 239 g/mol. The third-order valence-corrected chi connectivity index (χ3v) is 2.88. The maximum Gasteiger partial charge on any atom is 0.139 e. The Bertz CT molecular complexity index is 397. The Labute approximate surface area is 101 Å². The van der Waals surface area contributed by atoms with Crippen LogP contribution in [0.15, 0.2) is 5.16 Å². The molecule has 17 heavy (non-hydrogen) atoms. The van der Waals surface area contributed by atoms with Crippen molar-refractivity contribution in [2.24, 2.45) is 17.9 Å². The smallest absolute Gasteiger partial charge is 0.139 e. The van der Waals surface area contributed by atoms with Gasteiger partial charge in [-0.1, -0.05) is 5.16 Å². The number of hydrogen-bond acceptors (Lipinski definition) is 4. The summed E-state index contributed by atoms with van der Waals surface area (Å²) in [6, 6.07) is 0. The van der Waals surface area contributed by atoms with Crippen molar-refractivity contribution in [2.75, 3.05) is 6.54 Å². The molecule has 6 heteroatoms. The molecule has 0 radical (unpaired) electrons. The van der Waals surface area contributed by atoms with Crippen LogP contribution in [0.5, 0.6) is 0 Å². The molecule has 1 aromatic heterocycles. The first kappa shape index (κ1) is 13.5. The first-order valence-corrected chi connectivity index (χ1v) is 5.72. The number of nitrogens with two attached hydrogens (primary N) is 1. The average molecular weight is 239 g/mol. The largest absolute Gasteiger partial charge is 0.409 e. The van der Waals surface area contributed by atoms with E-state index in [4.69, 9.17) is 10.9 Å². The fraction of sp³-hybridized carbons (Fsp3) is 0.636. The van der Waals surface area contributed by atoms with Gasteiger partial charge in [-0.25, -0.2) is 0 Å². The number of aromatic nitrogens is 2. The van der Waals surface area contributed by atoms with Crippen molar-refractivity contribution >= 4 is 5.84 Å². The van der Waals surface area contributed by atoms with Gasteiger partial charge in [-0.2, -0.15) is 5.10 Å². The van der Waals surface area contributed by atoms with Crippen molar-refractivity contribution in [3.8, 4) is 0 Å². The van der Waals surface area contributed by atoms with E-state index in [2.05, 4.69) is 22.5 Å². The first-order valence-electron chi connectivity index (χ1n) is 5.72. The molecular formula is C11H21N5O. The molecule has 0 unspecified atom stereocenters. The predicted molar refractivity (Wildman–Crippen MR) is 67.0 cm³/mol. The molecule has 0 aromatic carbocycles. The molecule has 0 aliphatic rings. The number of nitrogens with zero attached hydrogens (tertiary/aromatic N) is 3. The molecule has 0 saturated heterocycles. The van der Waals surface area contributed by atoms with Crippen LogP contribution >= 0.6 is 0 Å². The highest BCUT2D eigenvalue weighted by Gasteiger charge is 2.07. The van der Waals surface area contributed by atoms with Crippen LogP contribution in [-0.4, -0.2) is 27.4 Å². The van der Waals surface area contributed by atoms with Gasteiger partial charge >= 0.3 is 0 Å². The Balaban J connectivity index is 2.31. The zero-order chi connectivity index (χ0) is 12.8. The van der Waals surface area contributed by atoms with Crippen LogP contribution in [0.1, 0.15) is 29.8 Å². The van der Waals surface area contributed by atoms with Crippen molar-refractivity contribution < 1.29 is 5.21 Å². The first-order chi connectivity index (χ1) is 8.06. The third kappa shape index (κ3) is 3.74. The quantitative estimate of drug-likeness (QED) is 0.224. The van der Waals surface area contributed by atoms with E-state index in [0.717, 1.165) is 25.2 Å². The van der Waals surface area contributed by atoms with Crippen LogP contribution in [0.3, 0.4) is 0 Å². The minimum Gasteiger partial charge on any atom is -0.409 e. The summed E-state index contributed by atoms with van der Waals surface area (Å²) in [6.45, 7) is 5.72. The van der Waals surface area contributed by atoms with Crippen molar-refractivity contribution in [1.82, 2.24) is 15.1 Å². The van der Waals surface area contributed by atoms with Gasteiger partial charge in [0.1, 0.15) is 5.84 Å². The van der Waals surface area contributed by atoms with Gasteiger partial charge < -0.3 is 16.3 Å². The number of nitrogens with one attached hydrogen (secondary N) is 1. The topological polar surface area (TPSA) is 88.5 Å². The van der Waals surface area contributed by atoms with Gasteiger partial charge in [0, 0.05) is 31.3 Å². The molecule has 0 aliphatic carbocycles. The van der Waals surface area contributed by atoms with E-state index in [9.17, 15) is 0 Å². The zero-order valence-electron chi connectivity index (χ0n) is 10.7.